The Kier molecular flexibility index (Phi) is 17.5. The molecule has 0 amide bonds. The Morgan fingerprint density at radius 2 is 0.614 bits per heavy atom. The Balaban J connectivity index is 1.07. The molecular weight excluding hydrogens is 1080 g/mol. The van der Waals surface area contributed by atoms with Crippen LogP contribution in [-0.4, -0.2) is 56.4 Å². The van der Waals surface area contributed by atoms with Gasteiger partial charge in [-0.1, -0.05) is 229 Å². The number of ether oxygens (including phenoxy) is 4. The van der Waals surface area contributed by atoms with Crippen LogP contribution in [0.2, 0.25) is 0 Å². The molecule has 0 saturated heterocycles. The van der Waals surface area contributed by atoms with Crippen LogP contribution in [0.15, 0.2) is 146 Å². The normalized spacial score (nSPS) is 13.1. The van der Waals surface area contributed by atoms with E-state index in [-0.39, 0.29) is 21.7 Å². The predicted molar refractivity (Wildman–Crippen MR) is 360 cm³/mol. The second kappa shape index (κ2) is 25.1. The first-order valence-corrected chi connectivity index (χ1v) is 31.9. The summed E-state index contributed by atoms with van der Waals surface area (Å²) in [5.41, 5.74) is 17.0. The van der Waals surface area contributed by atoms with E-state index in [1.165, 1.54) is 43.8 Å². The smallest absolute Gasteiger partial charge is 0.126 e. The minimum absolute atomic E-state index is 0.181. The van der Waals surface area contributed by atoms with Crippen LogP contribution in [0.3, 0.4) is 0 Å². The summed E-state index contributed by atoms with van der Waals surface area (Å²) >= 11 is 0. The van der Waals surface area contributed by atoms with Crippen molar-refractivity contribution in [2.75, 3.05) is 26.4 Å². The molecule has 0 saturated carbocycles. The van der Waals surface area contributed by atoms with Crippen LogP contribution >= 0.6 is 0 Å². The highest BCUT2D eigenvalue weighted by atomic mass is 16.5. The lowest BCUT2D eigenvalue weighted by Gasteiger charge is -2.29. The summed E-state index contributed by atoms with van der Waals surface area (Å²) in [6.45, 7) is 35.1. The Morgan fingerprint density at radius 1 is 0.341 bits per heavy atom. The molecule has 10 heteroatoms. The van der Waals surface area contributed by atoms with Crippen molar-refractivity contribution < 1.29 is 18.9 Å². The SMILES string of the molecule is CCCOc1c2cc(C(C)(C)C)cc1Cc1cc(C(C)(C)C)cc(c1OCCn1cc(-c3ccc4ccccc4c3)nn1)Cc1cc(C(C)(C)C)cc(c1OCCC)Cc1cc(C(C)(C)C)cc(c1OCCn1cc(-c3ccc4ccccc4c3)nn1)C2. The summed E-state index contributed by atoms with van der Waals surface area (Å²) in [6, 6.07) is 49.0. The maximum absolute atomic E-state index is 7.35. The Labute approximate surface area is 522 Å². The molecule has 10 aromatic rings. The standard InChI is InChI=1S/C78H90N6O4/c1-15-31-85-71-57-37-61-45-67(77(9,10)11)47-63(73(61)87-33-29-83-49-69(79-81-83)55-27-25-51-21-17-19-23-53(51)35-55)39-59-43-66(76(6,7)8)44-60(72(59)86-32-16-2)40-64-48-68(78(12,13)14)46-62(38-58(71)42-65(41-57)75(3,4)5)74(64)88-34-30-84-50-70(80-82-84)56-28-26-52-22-18-20-24-54(52)36-56/h17-28,35-36,41-50H,15-16,29-34,37-40H2,1-14H3. The molecule has 456 valence electrons. The van der Waals surface area contributed by atoms with Crippen LogP contribution in [0.1, 0.15) is 177 Å². The number of aromatic nitrogens is 6. The minimum atomic E-state index is -0.182. The van der Waals surface area contributed by atoms with Gasteiger partial charge in [-0.3, -0.25) is 0 Å². The molecule has 0 aliphatic heterocycles. The third-order valence-corrected chi connectivity index (χ3v) is 17.2. The van der Waals surface area contributed by atoms with E-state index in [2.05, 4.69) is 251 Å². The van der Waals surface area contributed by atoms with Gasteiger partial charge in [-0.25, -0.2) is 9.36 Å². The maximum Gasteiger partial charge on any atom is 0.126 e. The third-order valence-electron chi connectivity index (χ3n) is 17.2. The first-order valence-electron chi connectivity index (χ1n) is 31.9. The molecule has 11 rings (SSSR count). The van der Waals surface area contributed by atoms with Crippen molar-refractivity contribution >= 4 is 21.5 Å². The number of rotatable bonds is 16. The van der Waals surface area contributed by atoms with E-state index in [9.17, 15) is 0 Å². The molecule has 0 unspecified atom stereocenters. The van der Waals surface area contributed by atoms with E-state index >= 15 is 0 Å². The molecule has 2 heterocycles. The van der Waals surface area contributed by atoms with Gasteiger partial charge in [0.15, 0.2) is 0 Å². The average Bonchev–Trinajstić information content (AvgIpc) is 3.38. The van der Waals surface area contributed by atoms with Crippen molar-refractivity contribution in [1.29, 1.82) is 0 Å². The second-order valence-electron chi connectivity index (χ2n) is 28.5. The van der Waals surface area contributed by atoms with E-state index in [0.29, 0.717) is 65.2 Å². The van der Waals surface area contributed by atoms with Gasteiger partial charge < -0.3 is 18.9 Å². The van der Waals surface area contributed by atoms with Crippen LogP contribution in [0.5, 0.6) is 23.0 Å². The molecule has 0 N–H and O–H groups in total. The maximum atomic E-state index is 7.35. The third kappa shape index (κ3) is 13.9. The van der Waals surface area contributed by atoms with Gasteiger partial charge >= 0.3 is 0 Å². The molecule has 88 heavy (non-hydrogen) atoms. The number of hydrogen-bond donors (Lipinski definition) is 0. The Hall–Kier alpha value is -8.24. The summed E-state index contributed by atoms with van der Waals surface area (Å²) in [7, 11) is 0. The lowest BCUT2D eigenvalue weighted by atomic mass is 9.79. The Bertz CT molecular complexity index is 3780. The molecular formula is C78H90N6O4. The molecule has 8 aromatic carbocycles. The fourth-order valence-electron chi connectivity index (χ4n) is 12.0. The average molecular weight is 1180 g/mol. The van der Waals surface area contributed by atoms with Crippen molar-refractivity contribution in [2.24, 2.45) is 0 Å². The fourth-order valence-corrected chi connectivity index (χ4v) is 12.0. The zero-order chi connectivity index (χ0) is 62.1. The van der Waals surface area contributed by atoms with Crippen LogP contribution in [0.25, 0.3) is 44.1 Å². The van der Waals surface area contributed by atoms with Gasteiger partial charge in [0.25, 0.3) is 0 Å². The van der Waals surface area contributed by atoms with Gasteiger partial charge in [0.2, 0.25) is 0 Å². The molecule has 0 atom stereocenters. The van der Waals surface area contributed by atoms with Gasteiger partial charge in [-0.15, -0.1) is 10.2 Å². The van der Waals surface area contributed by atoms with Crippen LogP contribution in [0.4, 0.5) is 0 Å². The quantitative estimate of drug-likeness (QED) is 0.0944. The molecule has 0 radical (unpaired) electrons. The van der Waals surface area contributed by atoms with E-state index in [1.54, 1.807) is 0 Å². The highest BCUT2D eigenvalue weighted by molar-refractivity contribution is 5.87. The van der Waals surface area contributed by atoms with Crippen LogP contribution in [-0.2, 0) is 60.4 Å². The van der Waals surface area contributed by atoms with E-state index in [0.717, 1.165) is 103 Å². The zero-order valence-electron chi connectivity index (χ0n) is 54.7. The summed E-state index contributed by atoms with van der Waals surface area (Å²) in [4.78, 5) is 0. The highest BCUT2D eigenvalue weighted by Crippen LogP contribution is 2.45. The van der Waals surface area contributed by atoms with Gasteiger partial charge in [-0.05, 0) is 135 Å². The lowest BCUT2D eigenvalue weighted by Crippen LogP contribution is -2.18. The van der Waals surface area contributed by atoms with Gasteiger partial charge in [0, 0.05) is 36.8 Å². The van der Waals surface area contributed by atoms with Crippen LogP contribution < -0.4 is 18.9 Å². The molecule has 1 aliphatic rings. The number of nitrogens with zero attached hydrogens (tertiary/aromatic N) is 6. The topological polar surface area (TPSA) is 98.3 Å². The lowest BCUT2D eigenvalue weighted by molar-refractivity contribution is 0.283. The van der Waals surface area contributed by atoms with Crippen molar-refractivity contribution in [1.82, 2.24) is 30.0 Å². The number of fused-ring (bicyclic) bond motifs is 10. The Morgan fingerprint density at radius 3 is 0.886 bits per heavy atom. The van der Waals surface area contributed by atoms with E-state index < -0.39 is 0 Å². The van der Waals surface area contributed by atoms with Gasteiger partial charge in [0.05, 0.1) is 38.7 Å². The largest absolute Gasteiger partial charge is 0.493 e. The molecule has 8 bridgehead atoms. The summed E-state index contributed by atoms with van der Waals surface area (Å²) in [5, 5.41) is 23.4. The van der Waals surface area contributed by atoms with Crippen molar-refractivity contribution in [2.45, 2.75) is 170 Å². The van der Waals surface area contributed by atoms with Crippen LogP contribution in [0, 0.1) is 0 Å². The monoisotopic (exact) mass is 1170 g/mol. The van der Waals surface area contributed by atoms with E-state index in [1.807, 2.05) is 21.8 Å². The van der Waals surface area contributed by atoms with Crippen molar-refractivity contribution in [3.8, 4) is 45.5 Å². The summed E-state index contributed by atoms with van der Waals surface area (Å²) < 4.78 is 32.8. The highest BCUT2D eigenvalue weighted by Gasteiger charge is 2.30. The number of hydrogen-bond acceptors (Lipinski definition) is 8. The van der Waals surface area contributed by atoms with E-state index in [4.69, 9.17) is 18.9 Å². The second-order valence-corrected chi connectivity index (χ2v) is 28.5. The van der Waals surface area contributed by atoms with Gasteiger partial charge in [0.1, 0.15) is 47.6 Å². The van der Waals surface area contributed by atoms with Gasteiger partial charge in [-0.2, -0.15) is 0 Å². The molecule has 10 nitrogen and oxygen atoms in total. The van der Waals surface area contributed by atoms with Crippen molar-refractivity contribution in [3.63, 3.8) is 0 Å². The molecule has 0 fully saturated rings. The molecule has 1 aliphatic carbocycles. The molecule has 0 spiro atoms. The first-order chi connectivity index (χ1) is 42.0. The summed E-state index contributed by atoms with van der Waals surface area (Å²) in [6.07, 6.45) is 8.13. The summed E-state index contributed by atoms with van der Waals surface area (Å²) in [5.74, 6) is 3.62. The molecule has 2 aromatic heterocycles. The predicted octanol–water partition coefficient (Wildman–Crippen LogP) is 18.1. The first kappa shape index (κ1) is 61.4. The number of benzene rings is 8. The fraction of sp³-hybridized carbons (Fsp3) is 0.385. The van der Waals surface area contributed by atoms with Crippen molar-refractivity contribution in [3.05, 3.63) is 213 Å². The zero-order valence-corrected chi connectivity index (χ0v) is 54.7. The minimum Gasteiger partial charge on any atom is -0.493 e.